The lowest BCUT2D eigenvalue weighted by Gasteiger charge is -2.43. The lowest BCUT2D eigenvalue weighted by atomic mass is 9.68. The molecule has 3 amide bonds. The minimum Gasteiger partial charge on any atom is -0.483 e. The third-order valence-corrected chi connectivity index (χ3v) is 12.0. The Labute approximate surface area is 255 Å². The first-order chi connectivity index (χ1) is 21.0. The first-order valence-corrected chi connectivity index (χ1v) is 16.1. The van der Waals surface area contributed by atoms with Crippen LogP contribution in [0.5, 0.6) is 5.75 Å². The molecule has 1 saturated heterocycles. The van der Waals surface area contributed by atoms with Crippen molar-refractivity contribution in [2.45, 2.75) is 22.6 Å². The number of anilines is 2. The van der Waals surface area contributed by atoms with E-state index in [9.17, 15) is 19.2 Å². The zero-order chi connectivity index (χ0) is 29.2. The Morgan fingerprint density at radius 3 is 2.33 bits per heavy atom. The normalized spacial score (nSPS) is 28.4. The zero-order valence-corrected chi connectivity index (χ0v) is 24.5. The molecular weight excluding hydrogens is 583 g/mol. The summed E-state index contributed by atoms with van der Waals surface area (Å²) in [6.07, 6.45) is 0.802. The lowest BCUT2D eigenvalue weighted by Crippen LogP contribution is -2.42. The molecule has 2 N–H and O–H groups in total. The molecule has 216 valence electrons. The van der Waals surface area contributed by atoms with Crippen molar-refractivity contribution in [3.05, 3.63) is 105 Å². The second-order valence-electron chi connectivity index (χ2n) is 11.5. The molecule has 2 saturated carbocycles. The summed E-state index contributed by atoms with van der Waals surface area (Å²) in [5.41, 5.74) is 2.20. The Morgan fingerprint density at radius 1 is 0.884 bits per heavy atom. The molecule has 4 aromatic rings. The number of thiazole rings is 1. The number of aromatic nitrogens is 1. The number of thioether (sulfide) groups is 1. The van der Waals surface area contributed by atoms with Gasteiger partial charge >= 0.3 is 4.87 Å². The molecule has 43 heavy (non-hydrogen) atoms. The van der Waals surface area contributed by atoms with Crippen molar-refractivity contribution < 1.29 is 19.1 Å². The van der Waals surface area contributed by atoms with Gasteiger partial charge in [-0.1, -0.05) is 65.9 Å². The fraction of sp³-hybridized carbons (Fsp3) is 0.273. The number of aromatic amines is 1. The van der Waals surface area contributed by atoms with E-state index >= 15 is 0 Å². The summed E-state index contributed by atoms with van der Waals surface area (Å²) in [6.45, 7) is -0.173. The maximum Gasteiger partial charge on any atom is 0.305 e. The molecule has 4 aliphatic rings. The fourth-order valence-corrected chi connectivity index (χ4v) is 10.8. The van der Waals surface area contributed by atoms with E-state index in [1.807, 2.05) is 84.9 Å². The third kappa shape index (κ3) is 4.18. The molecule has 2 aliphatic carbocycles. The van der Waals surface area contributed by atoms with Crippen molar-refractivity contribution in [3.8, 4) is 5.75 Å². The number of para-hydroxylation sites is 3. The van der Waals surface area contributed by atoms with E-state index in [1.165, 1.54) is 16.2 Å². The molecule has 0 unspecified atom stereocenters. The van der Waals surface area contributed by atoms with Gasteiger partial charge in [0.25, 0.3) is 5.91 Å². The Morgan fingerprint density at radius 2 is 1.56 bits per heavy atom. The van der Waals surface area contributed by atoms with Gasteiger partial charge < -0.3 is 15.0 Å². The highest BCUT2D eigenvalue weighted by atomic mass is 32.2. The van der Waals surface area contributed by atoms with E-state index in [2.05, 4.69) is 10.3 Å². The summed E-state index contributed by atoms with van der Waals surface area (Å²) in [4.78, 5) is 58.3. The van der Waals surface area contributed by atoms with Crippen molar-refractivity contribution in [2.75, 3.05) is 16.8 Å². The van der Waals surface area contributed by atoms with Gasteiger partial charge in [-0.2, -0.15) is 0 Å². The molecule has 0 spiro atoms. The van der Waals surface area contributed by atoms with Crippen LogP contribution in [0.15, 0.2) is 94.7 Å². The second kappa shape index (κ2) is 10.2. The van der Waals surface area contributed by atoms with Gasteiger partial charge in [0, 0.05) is 27.3 Å². The number of carbonyl (C=O) groups is 3. The first-order valence-electron chi connectivity index (χ1n) is 14.4. The van der Waals surface area contributed by atoms with Crippen molar-refractivity contribution in [3.63, 3.8) is 0 Å². The van der Waals surface area contributed by atoms with Crippen LogP contribution >= 0.6 is 23.1 Å². The fourth-order valence-electron chi connectivity index (χ4n) is 7.93. The molecule has 10 heteroatoms. The average Bonchev–Trinajstić information content (AvgIpc) is 3.76. The number of imide groups is 1. The summed E-state index contributed by atoms with van der Waals surface area (Å²) < 4.78 is 6.14. The second-order valence-corrected chi connectivity index (χ2v) is 13.8. The molecule has 2 aliphatic heterocycles. The topological polar surface area (TPSA) is 109 Å². The molecule has 8 rings (SSSR count). The van der Waals surface area contributed by atoms with E-state index in [0.29, 0.717) is 17.1 Å². The van der Waals surface area contributed by atoms with Gasteiger partial charge in [-0.05, 0) is 54.5 Å². The number of fused-ring (bicyclic) bond motifs is 9. The molecule has 1 aromatic heterocycles. The quantitative estimate of drug-likeness (QED) is 0.294. The Hall–Kier alpha value is -4.15. The van der Waals surface area contributed by atoms with Gasteiger partial charge in [0.15, 0.2) is 6.61 Å². The molecule has 3 fully saturated rings. The van der Waals surface area contributed by atoms with Gasteiger partial charge in [0.05, 0.1) is 22.5 Å². The number of ether oxygens (including phenoxy) is 1. The molecule has 2 bridgehead atoms. The third-order valence-electron chi connectivity index (χ3n) is 9.41. The number of hydrogen-bond acceptors (Lipinski definition) is 7. The Bertz CT molecular complexity index is 1810. The van der Waals surface area contributed by atoms with Crippen LogP contribution in [-0.2, 0) is 14.4 Å². The number of benzene rings is 3. The highest BCUT2D eigenvalue weighted by Gasteiger charge is 2.69. The predicted molar refractivity (Wildman–Crippen MR) is 164 cm³/mol. The summed E-state index contributed by atoms with van der Waals surface area (Å²) in [5.74, 6) is -0.823. The van der Waals surface area contributed by atoms with Crippen molar-refractivity contribution >= 4 is 52.2 Å². The van der Waals surface area contributed by atoms with Gasteiger partial charge in [-0.15, -0.1) is 11.8 Å². The summed E-state index contributed by atoms with van der Waals surface area (Å²) >= 11 is 2.85. The molecule has 7 atom stereocenters. The van der Waals surface area contributed by atoms with Gasteiger partial charge in [-0.25, -0.2) is 0 Å². The number of H-pyrrole nitrogens is 1. The average molecular weight is 610 g/mol. The van der Waals surface area contributed by atoms with E-state index in [-0.39, 0.29) is 70.0 Å². The van der Waals surface area contributed by atoms with Crippen LogP contribution < -0.4 is 19.8 Å². The van der Waals surface area contributed by atoms with Crippen LogP contribution in [0.3, 0.4) is 0 Å². The van der Waals surface area contributed by atoms with Gasteiger partial charge in [0.2, 0.25) is 11.8 Å². The highest BCUT2D eigenvalue weighted by molar-refractivity contribution is 8.00. The lowest BCUT2D eigenvalue weighted by molar-refractivity contribution is -0.123. The molecule has 0 radical (unpaired) electrons. The minimum atomic E-state index is -0.385. The summed E-state index contributed by atoms with van der Waals surface area (Å²) in [6, 6.07) is 26.1. The van der Waals surface area contributed by atoms with Crippen molar-refractivity contribution in [1.29, 1.82) is 0 Å². The van der Waals surface area contributed by atoms with Crippen LogP contribution in [0, 0.1) is 29.6 Å². The molecular formula is C33H27N3O5S2. The van der Waals surface area contributed by atoms with Gasteiger partial charge in [-0.3, -0.25) is 24.1 Å². The van der Waals surface area contributed by atoms with Crippen LogP contribution in [0.1, 0.15) is 22.8 Å². The molecule has 3 heterocycles. The first kappa shape index (κ1) is 26.5. The minimum absolute atomic E-state index is 0.0116. The number of carbonyl (C=O) groups excluding carboxylic acids is 3. The Balaban J connectivity index is 1.14. The maximum atomic E-state index is 13.9. The number of rotatable bonds is 6. The number of amides is 3. The Kier molecular flexibility index (Phi) is 6.30. The summed E-state index contributed by atoms with van der Waals surface area (Å²) in [7, 11) is 0. The van der Waals surface area contributed by atoms with Gasteiger partial charge in [0.1, 0.15) is 5.75 Å². The monoisotopic (exact) mass is 609 g/mol. The highest BCUT2D eigenvalue weighted by Crippen LogP contribution is 2.69. The van der Waals surface area contributed by atoms with E-state index < -0.39 is 0 Å². The van der Waals surface area contributed by atoms with Crippen molar-refractivity contribution in [1.82, 2.24) is 4.98 Å². The van der Waals surface area contributed by atoms with E-state index in [0.717, 1.165) is 21.9 Å². The largest absolute Gasteiger partial charge is 0.483 e. The SMILES string of the molecule is O=C(COc1ccccc1[C@@H]1c2sc(=O)[nH]c2S[C@@H]2[C@@H]3C[C@@H]([C@@H]4C(=O)N(c5ccccc5)C(=O)[C@@H]34)[C@H]12)Nc1ccccc1. The number of nitrogens with zero attached hydrogens (tertiary/aromatic N) is 1. The van der Waals surface area contributed by atoms with Crippen LogP contribution in [0.4, 0.5) is 11.4 Å². The molecule has 3 aromatic carbocycles. The zero-order valence-electron chi connectivity index (χ0n) is 22.8. The molecule has 8 nitrogen and oxygen atoms in total. The maximum absolute atomic E-state index is 13.9. The number of hydrogen-bond donors (Lipinski definition) is 2. The smallest absolute Gasteiger partial charge is 0.305 e. The standard InChI is InChI=1S/C33H27N3O5S2/c37-23(34-17-9-3-1-4-10-17)16-41-22-14-8-7-13-19(22)24-25-20-15-21(28(25)42-30-29(24)43-33(40)35-30)27-26(20)31(38)36(32(27)39)18-11-5-2-6-12-18/h1-14,20-21,24-28H,15-16H2,(H,34,37)(H,35,40)/t20-,21-,24+,25-,26+,27+,28-/m1/s1. The predicted octanol–water partition coefficient (Wildman–Crippen LogP) is 5.13. The van der Waals surface area contributed by atoms with Crippen LogP contribution in [-0.4, -0.2) is 34.6 Å². The van der Waals surface area contributed by atoms with Crippen LogP contribution in [0.25, 0.3) is 0 Å². The van der Waals surface area contributed by atoms with Crippen LogP contribution in [0.2, 0.25) is 0 Å². The van der Waals surface area contributed by atoms with E-state index in [1.54, 1.807) is 11.8 Å². The van der Waals surface area contributed by atoms with Crippen molar-refractivity contribution in [2.24, 2.45) is 29.6 Å². The van der Waals surface area contributed by atoms with E-state index in [4.69, 9.17) is 4.74 Å². The number of nitrogens with one attached hydrogen (secondary N) is 2. The summed E-state index contributed by atoms with van der Waals surface area (Å²) in [5, 5.41) is 3.75.